The summed E-state index contributed by atoms with van der Waals surface area (Å²) in [6.07, 6.45) is 0. The van der Waals surface area contributed by atoms with Crippen molar-refractivity contribution >= 4 is 24.2 Å². The van der Waals surface area contributed by atoms with Crippen LogP contribution in [-0.4, -0.2) is 11.9 Å². The lowest BCUT2D eigenvalue weighted by Crippen LogP contribution is -2.33. The zero-order valence-electron chi connectivity index (χ0n) is 16.7. The highest BCUT2D eigenvalue weighted by atomic mass is 32.1. The van der Waals surface area contributed by atoms with Crippen LogP contribution in [0.1, 0.15) is 34.7 Å². The third-order valence-corrected chi connectivity index (χ3v) is 5.97. The van der Waals surface area contributed by atoms with Gasteiger partial charge >= 0.3 is 0 Å². The van der Waals surface area contributed by atoms with Crippen molar-refractivity contribution in [3.8, 4) is 11.5 Å². The first kappa shape index (κ1) is 19.2. The smallest absolute Gasteiger partial charge is 0.241 e. The molecule has 1 amide bonds. The van der Waals surface area contributed by atoms with Gasteiger partial charge in [-0.3, -0.25) is 4.79 Å². The second-order valence-corrected chi connectivity index (χ2v) is 8.42. The van der Waals surface area contributed by atoms with Gasteiger partial charge in [-0.05, 0) is 60.9 Å². The molecule has 1 unspecified atom stereocenters. The molecule has 0 saturated carbocycles. The van der Waals surface area contributed by atoms with Gasteiger partial charge in [-0.1, -0.05) is 18.2 Å². The summed E-state index contributed by atoms with van der Waals surface area (Å²) in [5.41, 5.74) is 10.7. The van der Waals surface area contributed by atoms with E-state index in [1.807, 2.05) is 43.3 Å². The zero-order chi connectivity index (χ0) is 21.0. The fourth-order valence-electron chi connectivity index (χ4n) is 4.25. The van der Waals surface area contributed by atoms with E-state index < -0.39 is 11.6 Å². The average molecular weight is 419 g/mol. The lowest BCUT2D eigenvalue weighted by atomic mass is 9.77. The zero-order valence-corrected chi connectivity index (χ0v) is 17.6. The summed E-state index contributed by atoms with van der Waals surface area (Å²) in [5, 5.41) is 2.84. The minimum Gasteiger partial charge on any atom is -0.456 e. The van der Waals surface area contributed by atoms with Gasteiger partial charge in [0.05, 0.1) is 12.6 Å². The van der Waals surface area contributed by atoms with E-state index in [1.54, 1.807) is 6.92 Å². The Balaban J connectivity index is 1.71. The van der Waals surface area contributed by atoms with Crippen LogP contribution in [0.3, 0.4) is 0 Å². The second kappa shape index (κ2) is 6.87. The quantitative estimate of drug-likeness (QED) is 0.536. The van der Waals surface area contributed by atoms with E-state index in [4.69, 9.17) is 15.2 Å². The predicted octanol–water partition coefficient (Wildman–Crippen LogP) is 4.50. The van der Waals surface area contributed by atoms with Crippen molar-refractivity contribution in [1.82, 2.24) is 0 Å². The van der Waals surface area contributed by atoms with Crippen molar-refractivity contribution in [2.75, 3.05) is 5.32 Å². The molecule has 3 aromatic carbocycles. The molecule has 2 atom stereocenters. The summed E-state index contributed by atoms with van der Waals surface area (Å²) in [7, 11) is 0. The van der Waals surface area contributed by atoms with E-state index in [-0.39, 0.29) is 5.91 Å². The van der Waals surface area contributed by atoms with Crippen molar-refractivity contribution in [2.24, 2.45) is 5.73 Å². The van der Waals surface area contributed by atoms with Crippen LogP contribution < -0.4 is 15.8 Å². The van der Waals surface area contributed by atoms with E-state index >= 15 is 0 Å². The molecule has 2 aliphatic heterocycles. The molecule has 5 nitrogen and oxygen atoms in total. The molecule has 0 bridgehead atoms. The summed E-state index contributed by atoms with van der Waals surface area (Å²) in [6.45, 7) is 4.17. The molecule has 0 aliphatic carbocycles. The molecular weight excluding hydrogens is 396 g/mol. The highest BCUT2D eigenvalue weighted by Crippen LogP contribution is 2.56. The number of nitrogens with two attached hydrogens (primary N) is 1. The fraction of sp³-hybridized carbons (Fsp3) is 0.208. The van der Waals surface area contributed by atoms with E-state index in [1.165, 1.54) is 0 Å². The Hall–Kier alpha value is -2.80. The lowest BCUT2D eigenvalue weighted by molar-refractivity contribution is -0.117. The van der Waals surface area contributed by atoms with Gasteiger partial charge in [0.2, 0.25) is 5.91 Å². The maximum absolute atomic E-state index is 12.1. The molecule has 0 aromatic heterocycles. The Labute approximate surface area is 180 Å². The number of carbonyl (C=O) groups is 1. The van der Waals surface area contributed by atoms with Crippen LogP contribution in [0.5, 0.6) is 11.5 Å². The number of hydrogen-bond donors (Lipinski definition) is 3. The number of fused-ring (bicyclic) bond motifs is 6. The third kappa shape index (κ3) is 2.83. The van der Waals surface area contributed by atoms with Crippen LogP contribution in [0.15, 0.2) is 59.5 Å². The van der Waals surface area contributed by atoms with E-state index in [0.29, 0.717) is 18.0 Å². The molecule has 6 heteroatoms. The van der Waals surface area contributed by atoms with Crippen molar-refractivity contribution in [1.29, 1.82) is 0 Å². The van der Waals surface area contributed by atoms with E-state index in [9.17, 15) is 4.79 Å². The monoisotopic (exact) mass is 418 g/mol. The second-order valence-electron chi connectivity index (χ2n) is 7.90. The number of thiol groups is 1. The Kier molecular flexibility index (Phi) is 4.39. The summed E-state index contributed by atoms with van der Waals surface area (Å²) in [5.74, 6) is 1.15. The maximum atomic E-state index is 12.1. The Bertz CT molecular complexity index is 1190. The normalized spacial score (nSPS) is 19.5. The molecular formula is C24H22N2O3S. The molecule has 30 heavy (non-hydrogen) atoms. The van der Waals surface area contributed by atoms with Crippen LogP contribution in [-0.2, 0) is 21.7 Å². The van der Waals surface area contributed by atoms with Gasteiger partial charge in [0.25, 0.3) is 0 Å². The standard InChI is InChI=1S/C24H22N2O3S/c1-13-3-6-19-21(9-13)29-22-11-16(26-23(27)14(2)25)4-7-20(22)24(19)18-8-5-17(30)10-15(18)12-28-24/h3-11,14,30H,12,25H2,1-2H3,(H,26,27)/t14-,24?/m0/s1. The first-order valence-corrected chi connectivity index (χ1v) is 10.3. The number of carbonyl (C=O) groups excluding carboxylic acids is 1. The molecule has 152 valence electrons. The van der Waals surface area contributed by atoms with E-state index in [2.05, 4.69) is 36.1 Å². The van der Waals surface area contributed by atoms with Gasteiger partial charge < -0.3 is 20.5 Å². The Morgan fingerprint density at radius 2 is 1.77 bits per heavy atom. The first-order valence-electron chi connectivity index (χ1n) is 9.85. The van der Waals surface area contributed by atoms with Crippen LogP contribution in [0.4, 0.5) is 5.69 Å². The molecule has 5 rings (SSSR count). The van der Waals surface area contributed by atoms with Gasteiger partial charge in [0, 0.05) is 27.8 Å². The van der Waals surface area contributed by atoms with Crippen LogP contribution in [0.25, 0.3) is 0 Å². The first-order chi connectivity index (χ1) is 14.4. The van der Waals surface area contributed by atoms with Crippen LogP contribution >= 0.6 is 12.6 Å². The van der Waals surface area contributed by atoms with Gasteiger partial charge in [-0.2, -0.15) is 0 Å². The molecule has 3 N–H and O–H groups in total. The summed E-state index contributed by atoms with van der Waals surface area (Å²) < 4.78 is 12.8. The Morgan fingerprint density at radius 1 is 1.07 bits per heavy atom. The summed E-state index contributed by atoms with van der Waals surface area (Å²) in [6, 6.07) is 17.3. The van der Waals surface area contributed by atoms with E-state index in [0.717, 1.165) is 38.5 Å². The SMILES string of the molecule is Cc1ccc2c(c1)Oc1cc(NC(=O)[C@H](C)N)ccc1C21OCc2cc(S)ccc21. The highest BCUT2D eigenvalue weighted by molar-refractivity contribution is 7.80. The van der Waals surface area contributed by atoms with Gasteiger partial charge in [-0.25, -0.2) is 0 Å². The largest absolute Gasteiger partial charge is 0.456 e. The molecule has 0 fully saturated rings. The average Bonchev–Trinajstić information content (AvgIpc) is 3.06. The minimum absolute atomic E-state index is 0.250. The number of ether oxygens (including phenoxy) is 2. The maximum Gasteiger partial charge on any atom is 0.241 e. The van der Waals surface area contributed by atoms with Gasteiger partial charge in [-0.15, -0.1) is 12.6 Å². The minimum atomic E-state index is -0.767. The molecule has 1 spiro atoms. The highest BCUT2D eigenvalue weighted by Gasteiger charge is 2.49. The number of aryl methyl sites for hydroxylation is 1. The number of nitrogens with one attached hydrogen (secondary N) is 1. The number of benzene rings is 3. The molecule has 0 saturated heterocycles. The number of hydrogen-bond acceptors (Lipinski definition) is 5. The number of rotatable bonds is 2. The summed E-state index contributed by atoms with van der Waals surface area (Å²) >= 11 is 4.49. The van der Waals surface area contributed by atoms with Crippen molar-refractivity contribution in [3.63, 3.8) is 0 Å². The topological polar surface area (TPSA) is 73.6 Å². The predicted molar refractivity (Wildman–Crippen MR) is 118 cm³/mol. The van der Waals surface area contributed by atoms with Crippen molar-refractivity contribution in [3.05, 3.63) is 82.4 Å². The van der Waals surface area contributed by atoms with Crippen molar-refractivity contribution < 1.29 is 14.3 Å². The molecule has 2 heterocycles. The van der Waals surface area contributed by atoms with Crippen molar-refractivity contribution in [2.45, 2.75) is 37.0 Å². The molecule has 2 aliphatic rings. The Morgan fingerprint density at radius 3 is 2.53 bits per heavy atom. The summed E-state index contributed by atoms with van der Waals surface area (Å²) in [4.78, 5) is 13.0. The molecule has 3 aromatic rings. The fourth-order valence-corrected chi connectivity index (χ4v) is 4.48. The molecule has 0 radical (unpaired) electrons. The van der Waals surface area contributed by atoms with Gasteiger partial charge in [0.1, 0.15) is 11.5 Å². The number of anilines is 1. The van der Waals surface area contributed by atoms with Gasteiger partial charge in [0.15, 0.2) is 5.60 Å². The third-order valence-electron chi connectivity index (χ3n) is 5.69. The van der Waals surface area contributed by atoms with Crippen LogP contribution in [0, 0.1) is 6.92 Å². The lowest BCUT2D eigenvalue weighted by Gasteiger charge is -2.37. The number of amides is 1. The van der Waals surface area contributed by atoms with Crippen LogP contribution in [0.2, 0.25) is 0 Å².